The molecule has 1 saturated carbocycles. The van der Waals surface area contributed by atoms with Crippen LogP contribution in [0.15, 0.2) is 24.3 Å². The average molecular weight is 245 g/mol. The summed E-state index contributed by atoms with van der Waals surface area (Å²) in [6.45, 7) is 6.87. The Morgan fingerprint density at radius 3 is 2.44 bits per heavy atom. The number of benzene rings is 1. The highest BCUT2D eigenvalue weighted by Crippen LogP contribution is 2.41. The number of hydrogen-bond donors (Lipinski definition) is 1. The second-order valence-corrected chi connectivity index (χ2v) is 6.27. The third kappa shape index (κ3) is 2.61. The lowest BCUT2D eigenvalue weighted by atomic mass is 9.67. The van der Waals surface area contributed by atoms with Crippen LogP contribution in [0.1, 0.15) is 57.6 Å². The molecule has 0 amide bonds. The minimum atomic E-state index is -0.109. The number of hydrogen-bond acceptors (Lipinski definition) is 1. The highest BCUT2D eigenvalue weighted by Gasteiger charge is 2.38. The van der Waals surface area contributed by atoms with Gasteiger partial charge in [-0.3, -0.25) is 0 Å². The Morgan fingerprint density at radius 2 is 1.83 bits per heavy atom. The van der Waals surface area contributed by atoms with Gasteiger partial charge in [0.2, 0.25) is 0 Å². The molecule has 0 aliphatic heterocycles. The third-order valence-electron chi connectivity index (χ3n) is 4.69. The van der Waals surface area contributed by atoms with Crippen LogP contribution in [0.25, 0.3) is 0 Å². The van der Waals surface area contributed by atoms with Crippen molar-refractivity contribution in [2.24, 2.45) is 17.6 Å². The van der Waals surface area contributed by atoms with Crippen molar-refractivity contribution in [1.82, 2.24) is 0 Å². The zero-order valence-electron chi connectivity index (χ0n) is 12.1. The number of nitrogens with two attached hydrogens (primary N) is 1. The molecule has 1 fully saturated rings. The third-order valence-corrected chi connectivity index (χ3v) is 4.69. The van der Waals surface area contributed by atoms with Gasteiger partial charge in [-0.2, -0.15) is 0 Å². The topological polar surface area (TPSA) is 26.0 Å². The van der Waals surface area contributed by atoms with Crippen LogP contribution < -0.4 is 5.73 Å². The molecule has 0 spiro atoms. The van der Waals surface area contributed by atoms with E-state index in [2.05, 4.69) is 45.0 Å². The lowest BCUT2D eigenvalue weighted by Crippen LogP contribution is -2.47. The summed E-state index contributed by atoms with van der Waals surface area (Å²) < 4.78 is 0. The van der Waals surface area contributed by atoms with E-state index in [0.29, 0.717) is 5.92 Å². The molecule has 3 atom stereocenters. The first kappa shape index (κ1) is 13.6. The molecular weight excluding hydrogens is 218 g/mol. The molecule has 0 aromatic heterocycles. The van der Waals surface area contributed by atoms with E-state index in [0.717, 1.165) is 12.3 Å². The minimum absolute atomic E-state index is 0.109. The first-order valence-corrected chi connectivity index (χ1v) is 7.44. The first-order valence-electron chi connectivity index (χ1n) is 7.44. The Bertz CT molecular complexity index is 381. The molecule has 1 aromatic rings. The van der Waals surface area contributed by atoms with Gasteiger partial charge in [0.1, 0.15) is 0 Å². The highest BCUT2D eigenvalue weighted by atomic mass is 14.8. The van der Waals surface area contributed by atoms with Gasteiger partial charge in [-0.25, -0.2) is 0 Å². The summed E-state index contributed by atoms with van der Waals surface area (Å²) in [7, 11) is 0. The monoisotopic (exact) mass is 245 g/mol. The summed E-state index contributed by atoms with van der Waals surface area (Å²) in [5, 5.41) is 0. The molecule has 3 unspecified atom stereocenters. The van der Waals surface area contributed by atoms with Crippen LogP contribution in [0.2, 0.25) is 0 Å². The standard InChI is InChI=1S/C17H27N/c1-4-5-15-8-10-16(11-9-15)17(18)12-13(2)6-7-14(17)3/h8-11,13-14H,4-7,12,18H2,1-3H3. The molecule has 100 valence electrons. The average Bonchev–Trinajstić information content (AvgIpc) is 2.35. The summed E-state index contributed by atoms with van der Waals surface area (Å²) in [5.41, 5.74) is 9.40. The van der Waals surface area contributed by atoms with Crippen LogP contribution >= 0.6 is 0 Å². The van der Waals surface area contributed by atoms with E-state index in [1.54, 1.807) is 0 Å². The van der Waals surface area contributed by atoms with Crippen LogP contribution in [-0.2, 0) is 12.0 Å². The van der Waals surface area contributed by atoms with E-state index in [1.807, 2.05) is 0 Å². The molecule has 0 heterocycles. The fourth-order valence-electron chi connectivity index (χ4n) is 3.34. The van der Waals surface area contributed by atoms with Gasteiger partial charge in [-0.15, -0.1) is 0 Å². The fourth-order valence-corrected chi connectivity index (χ4v) is 3.34. The molecule has 1 heteroatoms. The zero-order chi connectivity index (χ0) is 13.2. The first-order chi connectivity index (χ1) is 8.56. The molecule has 0 saturated heterocycles. The van der Waals surface area contributed by atoms with Gasteiger partial charge in [-0.05, 0) is 42.2 Å². The van der Waals surface area contributed by atoms with E-state index >= 15 is 0 Å². The van der Waals surface area contributed by atoms with Gasteiger partial charge in [0.25, 0.3) is 0 Å². The maximum Gasteiger partial charge on any atom is 0.0438 e. The number of aryl methyl sites for hydroxylation is 1. The summed E-state index contributed by atoms with van der Waals surface area (Å²) in [4.78, 5) is 0. The van der Waals surface area contributed by atoms with Crippen LogP contribution in [0.4, 0.5) is 0 Å². The van der Waals surface area contributed by atoms with Crippen molar-refractivity contribution in [3.8, 4) is 0 Å². The quantitative estimate of drug-likeness (QED) is 0.846. The van der Waals surface area contributed by atoms with E-state index in [9.17, 15) is 0 Å². The molecule has 0 radical (unpaired) electrons. The maximum absolute atomic E-state index is 6.74. The van der Waals surface area contributed by atoms with Gasteiger partial charge in [0.05, 0.1) is 0 Å². The van der Waals surface area contributed by atoms with Gasteiger partial charge < -0.3 is 5.73 Å². The van der Waals surface area contributed by atoms with Crippen molar-refractivity contribution < 1.29 is 0 Å². The van der Waals surface area contributed by atoms with Gasteiger partial charge >= 0.3 is 0 Å². The van der Waals surface area contributed by atoms with Crippen molar-refractivity contribution in [3.63, 3.8) is 0 Å². The second kappa shape index (κ2) is 5.44. The Morgan fingerprint density at radius 1 is 1.17 bits per heavy atom. The Kier molecular flexibility index (Phi) is 4.11. The predicted molar refractivity (Wildman–Crippen MR) is 78.5 cm³/mol. The summed E-state index contributed by atoms with van der Waals surface area (Å²) in [5.74, 6) is 1.34. The minimum Gasteiger partial charge on any atom is -0.321 e. The largest absolute Gasteiger partial charge is 0.321 e. The van der Waals surface area contributed by atoms with Crippen molar-refractivity contribution in [1.29, 1.82) is 0 Å². The second-order valence-electron chi connectivity index (χ2n) is 6.27. The molecular formula is C17H27N. The molecule has 1 aliphatic carbocycles. The van der Waals surface area contributed by atoms with E-state index in [-0.39, 0.29) is 5.54 Å². The summed E-state index contributed by atoms with van der Waals surface area (Å²) >= 11 is 0. The van der Waals surface area contributed by atoms with Gasteiger partial charge in [0, 0.05) is 5.54 Å². The molecule has 1 aromatic carbocycles. The van der Waals surface area contributed by atoms with Crippen LogP contribution in [0.3, 0.4) is 0 Å². The molecule has 1 aliphatic rings. The highest BCUT2D eigenvalue weighted by molar-refractivity contribution is 5.29. The van der Waals surface area contributed by atoms with Crippen LogP contribution in [-0.4, -0.2) is 0 Å². The van der Waals surface area contributed by atoms with Crippen molar-refractivity contribution in [3.05, 3.63) is 35.4 Å². The molecule has 18 heavy (non-hydrogen) atoms. The van der Waals surface area contributed by atoms with E-state index < -0.39 is 0 Å². The normalized spacial score (nSPS) is 32.4. The summed E-state index contributed by atoms with van der Waals surface area (Å²) in [6.07, 6.45) is 6.09. The lowest BCUT2D eigenvalue weighted by molar-refractivity contribution is 0.162. The predicted octanol–water partition coefficient (Wildman–Crippen LogP) is 4.25. The van der Waals surface area contributed by atoms with Crippen LogP contribution in [0, 0.1) is 11.8 Å². The van der Waals surface area contributed by atoms with Crippen molar-refractivity contribution >= 4 is 0 Å². The number of rotatable bonds is 3. The lowest BCUT2D eigenvalue weighted by Gasteiger charge is -2.42. The zero-order valence-corrected chi connectivity index (χ0v) is 12.1. The molecule has 1 nitrogen and oxygen atoms in total. The fraction of sp³-hybridized carbons (Fsp3) is 0.647. The molecule has 2 rings (SSSR count). The van der Waals surface area contributed by atoms with Gasteiger partial charge in [0.15, 0.2) is 0 Å². The summed E-state index contributed by atoms with van der Waals surface area (Å²) in [6, 6.07) is 9.05. The van der Waals surface area contributed by atoms with Crippen molar-refractivity contribution in [2.45, 2.75) is 58.4 Å². The Labute approximate surface area is 112 Å². The van der Waals surface area contributed by atoms with Crippen molar-refractivity contribution in [2.75, 3.05) is 0 Å². The maximum atomic E-state index is 6.74. The molecule has 2 N–H and O–H groups in total. The van der Waals surface area contributed by atoms with E-state index in [1.165, 1.54) is 36.8 Å². The van der Waals surface area contributed by atoms with Gasteiger partial charge in [-0.1, -0.05) is 57.9 Å². The van der Waals surface area contributed by atoms with Crippen LogP contribution in [0.5, 0.6) is 0 Å². The SMILES string of the molecule is CCCc1ccc(C2(N)CC(C)CCC2C)cc1. The smallest absolute Gasteiger partial charge is 0.0438 e. The molecule has 0 bridgehead atoms. The van der Waals surface area contributed by atoms with E-state index in [4.69, 9.17) is 5.73 Å². The Hall–Kier alpha value is -0.820. The Balaban J connectivity index is 2.22.